The summed E-state index contributed by atoms with van der Waals surface area (Å²) in [5.74, 6) is -1.87. The average Bonchev–Trinajstić information content (AvgIpc) is 2.70. The topological polar surface area (TPSA) is 46.9 Å². The average molecular weight is 272 g/mol. The summed E-state index contributed by atoms with van der Waals surface area (Å²) in [6.07, 6.45) is 2.93. The predicted molar refractivity (Wildman–Crippen MR) is 62.2 cm³/mol. The Bertz CT molecular complexity index is 585. The fraction of sp³-hybridized carbons (Fsp3) is 0.0909. The van der Waals surface area contributed by atoms with Crippen LogP contribution in [0.3, 0.4) is 0 Å². The molecule has 94 valence electrons. The molecule has 0 bridgehead atoms. The van der Waals surface area contributed by atoms with Crippen LogP contribution in [0.15, 0.2) is 30.6 Å². The van der Waals surface area contributed by atoms with Gasteiger partial charge in [-0.05, 0) is 23.7 Å². The molecule has 1 aromatic heterocycles. The van der Waals surface area contributed by atoms with Gasteiger partial charge in [-0.1, -0.05) is 0 Å². The van der Waals surface area contributed by atoms with Crippen LogP contribution in [-0.2, 0) is 11.3 Å². The lowest BCUT2D eigenvalue weighted by Gasteiger charge is -2.07. The molecule has 0 unspecified atom stereocenters. The third-order valence-corrected chi connectivity index (χ3v) is 2.50. The van der Waals surface area contributed by atoms with Gasteiger partial charge in [0.2, 0.25) is 11.2 Å². The van der Waals surface area contributed by atoms with E-state index < -0.39 is 17.5 Å². The summed E-state index contributed by atoms with van der Waals surface area (Å²) in [4.78, 5) is 15.3. The number of rotatable bonds is 3. The second-order valence-electron chi connectivity index (χ2n) is 3.50. The van der Waals surface area contributed by atoms with Gasteiger partial charge in [-0.15, -0.1) is 0 Å². The maximum Gasteiger partial charge on any atom is 0.244 e. The summed E-state index contributed by atoms with van der Waals surface area (Å²) >= 11 is 5.68. The minimum Gasteiger partial charge on any atom is -0.322 e. The van der Waals surface area contributed by atoms with Gasteiger partial charge in [-0.3, -0.25) is 4.79 Å². The van der Waals surface area contributed by atoms with E-state index in [2.05, 4.69) is 10.3 Å². The Labute approximate surface area is 106 Å². The van der Waals surface area contributed by atoms with E-state index in [9.17, 15) is 13.6 Å². The van der Waals surface area contributed by atoms with Gasteiger partial charge in [0.1, 0.15) is 18.2 Å². The molecule has 1 N–H and O–H groups in total. The van der Waals surface area contributed by atoms with Crippen LogP contribution in [0, 0.1) is 11.6 Å². The number of anilines is 1. The lowest BCUT2D eigenvalue weighted by molar-refractivity contribution is -0.116. The summed E-state index contributed by atoms with van der Waals surface area (Å²) in [5.41, 5.74) is -0.212. The molecule has 4 nitrogen and oxygen atoms in total. The minimum absolute atomic E-state index is 0.130. The number of nitrogens with one attached hydrogen (secondary N) is 1. The van der Waals surface area contributed by atoms with Crippen LogP contribution in [0.25, 0.3) is 0 Å². The number of halogens is 3. The van der Waals surface area contributed by atoms with Crippen LogP contribution in [0.5, 0.6) is 0 Å². The smallest absolute Gasteiger partial charge is 0.244 e. The monoisotopic (exact) mass is 271 g/mol. The Kier molecular flexibility index (Phi) is 3.57. The van der Waals surface area contributed by atoms with E-state index in [0.717, 1.165) is 18.2 Å². The van der Waals surface area contributed by atoms with E-state index in [1.807, 2.05) is 0 Å². The summed E-state index contributed by atoms with van der Waals surface area (Å²) in [6, 6.07) is 2.82. The van der Waals surface area contributed by atoms with Crippen molar-refractivity contribution in [3.63, 3.8) is 0 Å². The van der Waals surface area contributed by atoms with Crippen LogP contribution >= 0.6 is 11.6 Å². The first-order valence-corrected chi connectivity index (χ1v) is 5.35. The summed E-state index contributed by atoms with van der Waals surface area (Å²) in [6.45, 7) is -0.130. The van der Waals surface area contributed by atoms with Crippen molar-refractivity contribution in [1.82, 2.24) is 9.55 Å². The molecule has 0 atom stereocenters. The van der Waals surface area contributed by atoms with Crippen LogP contribution < -0.4 is 5.32 Å². The van der Waals surface area contributed by atoms with E-state index in [1.54, 1.807) is 0 Å². The number of hydrogen-bond acceptors (Lipinski definition) is 2. The molecule has 2 rings (SSSR count). The Morgan fingerprint density at radius 3 is 2.89 bits per heavy atom. The number of benzene rings is 1. The Hall–Kier alpha value is -1.95. The van der Waals surface area contributed by atoms with Crippen molar-refractivity contribution in [1.29, 1.82) is 0 Å². The fourth-order valence-electron chi connectivity index (χ4n) is 1.37. The lowest BCUT2D eigenvalue weighted by atomic mass is 10.3. The van der Waals surface area contributed by atoms with Crippen molar-refractivity contribution in [2.75, 3.05) is 5.32 Å². The quantitative estimate of drug-likeness (QED) is 0.932. The molecule has 18 heavy (non-hydrogen) atoms. The van der Waals surface area contributed by atoms with Crippen molar-refractivity contribution >= 4 is 23.2 Å². The van der Waals surface area contributed by atoms with Crippen LogP contribution in [-0.4, -0.2) is 15.5 Å². The molecule has 0 spiro atoms. The zero-order valence-corrected chi connectivity index (χ0v) is 9.79. The molecular formula is C11H8ClF2N3O. The molecule has 2 aromatic rings. The number of aromatic nitrogens is 2. The first-order valence-electron chi connectivity index (χ1n) is 4.98. The molecule has 7 heteroatoms. The van der Waals surface area contributed by atoms with Gasteiger partial charge < -0.3 is 9.88 Å². The minimum atomic E-state index is -0.707. The number of amides is 1. The van der Waals surface area contributed by atoms with Gasteiger partial charge in [0.25, 0.3) is 0 Å². The van der Waals surface area contributed by atoms with Gasteiger partial charge in [0.05, 0.1) is 5.69 Å². The van der Waals surface area contributed by atoms with E-state index in [1.165, 1.54) is 17.0 Å². The molecule has 1 heterocycles. The van der Waals surface area contributed by atoms with Gasteiger partial charge in [-0.25, -0.2) is 13.8 Å². The third-order valence-electron chi connectivity index (χ3n) is 2.18. The molecule has 0 aliphatic rings. The highest BCUT2D eigenvalue weighted by Crippen LogP contribution is 2.15. The van der Waals surface area contributed by atoms with Gasteiger partial charge in [0.15, 0.2) is 0 Å². The van der Waals surface area contributed by atoms with Crippen LogP contribution in [0.1, 0.15) is 0 Å². The molecule has 0 saturated heterocycles. The number of nitrogens with zero attached hydrogens (tertiary/aromatic N) is 2. The predicted octanol–water partition coefficient (Wildman–Crippen LogP) is 2.45. The second-order valence-corrected chi connectivity index (χ2v) is 3.83. The van der Waals surface area contributed by atoms with Gasteiger partial charge >= 0.3 is 0 Å². The van der Waals surface area contributed by atoms with E-state index in [0.29, 0.717) is 0 Å². The highest BCUT2D eigenvalue weighted by Gasteiger charge is 2.10. The van der Waals surface area contributed by atoms with E-state index in [-0.39, 0.29) is 17.5 Å². The van der Waals surface area contributed by atoms with Crippen molar-refractivity contribution in [3.05, 3.63) is 47.5 Å². The summed E-state index contributed by atoms with van der Waals surface area (Å²) < 4.78 is 27.5. The molecule has 1 aromatic carbocycles. The Balaban J connectivity index is 2.08. The molecule has 0 fully saturated rings. The number of imidazole rings is 1. The molecular weight excluding hydrogens is 264 g/mol. The second kappa shape index (κ2) is 5.14. The fourth-order valence-corrected chi connectivity index (χ4v) is 1.54. The summed E-state index contributed by atoms with van der Waals surface area (Å²) in [5, 5.41) is 2.40. The Morgan fingerprint density at radius 1 is 1.44 bits per heavy atom. The van der Waals surface area contributed by atoms with Crippen LogP contribution in [0.2, 0.25) is 5.28 Å². The molecule has 0 aliphatic heterocycles. The standard InChI is InChI=1S/C11H8ClF2N3O/c12-11-15-3-4-17(11)6-10(18)16-9-5-7(13)1-2-8(9)14/h1-5H,6H2,(H,16,18). The maximum atomic E-state index is 13.3. The largest absolute Gasteiger partial charge is 0.322 e. The highest BCUT2D eigenvalue weighted by molar-refractivity contribution is 6.28. The lowest BCUT2D eigenvalue weighted by Crippen LogP contribution is -2.19. The normalized spacial score (nSPS) is 10.4. The molecule has 0 saturated carbocycles. The van der Waals surface area contributed by atoms with Crippen molar-refractivity contribution in [2.45, 2.75) is 6.54 Å². The molecule has 1 amide bonds. The molecule has 0 radical (unpaired) electrons. The zero-order valence-electron chi connectivity index (χ0n) is 9.03. The molecule has 0 aliphatic carbocycles. The highest BCUT2D eigenvalue weighted by atomic mass is 35.5. The zero-order chi connectivity index (χ0) is 13.1. The number of hydrogen-bond donors (Lipinski definition) is 1. The first kappa shape index (κ1) is 12.5. The van der Waals surface area contributed by atoms with Gasteiger partial charge in [0, 0.05) is 18.5 Å². The van der Waals surface area contributed by atoms with Crippen molar-refractivity contribution < 1.29 is 13.6 Å². The van der Waals surface area contributed by atoms with E-state index in [4.69, 9.17) is 11.6 Å². The third kappa shape index (κ3) is 2.84. The van der Waals surface area contributed by atoms with E-state index >= 15 is 0 Å². The number of carbonyl (C=O) groups is 1. The summed E-state index contributed by atoms with van der Waals surface area (Å²) in [7, 11) is 0. The Morgan fingerprint density at radius 2 is 2.22 bits per heavy atom. The SMILES string of the molecule is O=C(Cn1ccnc1Cl)Nc1cc(F)ccc1F. The van der Waals surface area contributed by atoms with Crippen molar-refractivity contribution in [3.8, 4) is 0 Å². The van der Waals surface area contributed by atoms with Crippen LogP contribution in [0.4, 0.5) is 14.5 Å². The first-order chi connectivity index (χ1) is 8.56. The number of carbonyl (C=O) groups excluding carboxylic acids is 1. The maximum absolute atomic E-state index is 13.3. The van der Waals surface area contributed by atoms with Crippen molar-refractivity contribution in [2.24, 2.45) is 0 Å². The van der Waals surface area contributed by atoms with Gasteiger partial charge in [-0.2, -0.15) is 0 Å².